The van der Waals surface area contributed by atoms with E-state index in [0.29, 0.717) is 12.5 Å². The van der Waals surface area contributed by atoms with Gasteiger partial charge in [-0.05, 0) is 68.3 Å². The number of likely N-dealkylation sites (tertiary alicyclic amines) is 2. The van der Waals surface area contributed by atoms with E-state index in [-0.39, 0.29) is 35.7 Å². The van der Waals surface area contributed by atoms with Gasteiger partial charge in [0.1, 0.15) is 0 Å². The number of halogens is 1. The minimum Gasteiger partial charge on any atom is -0.349 e. The van der Waals surface area contributed by atoms with Gasteiger partial charge >= 0.3 is 0 Å². The number of nitrogens with zero attached hydrogens (tertiary/aromatic N) is 2. The van der Waals surface area contributed by atoms with Crippen molar-refractivity contribution < 1.29 is 9.59 Å². The standard InChI is InChI=1S/C29H39N3O2S.ClH/c1-22(2)27(33)30-26(24-7-5-4-6-8-24)13-17-31-18-14-29(15-19-31)16-20-32(28(29)34)21-23-9-11-25(35-3)12-10-23;/h4-12,22,26H,13-21H2,1-3H3,(H,30,33);1H/t26-;/m0./s1. The number of nitrogens with one attached hydrogen (secondary N) is 1. The van der Waals surface area contributed by atoms with Crippen LogP contribution in [-0.4, -0.2) is 54.0 Å². The maximum absolute atomic E-state index is 13.4. The van der Waals surface area contributed by atoms with E-state index in [1.54, 1.807) is 11.8 Å². The summed E-state index contributed by atoms with van der Waals surface area (Å²) in [6.07, 6.45) is 5.80. The second-order valence-corrected chi connectivity index (χ2v) is 11.2. The Morgan fingerprint density at radius 3 is 2.25 bits per heavy atom. The highest BCUT2D eigenvalue weighted by atomic mass is 35.5. The predicted molar refractivity (Wildman–Crippen MR) is 150 cm³/mol. The maximum Gasteiger partial charge on any atom is 0.229 e. The van der Waals surface area contributed by atoms with Gasteiger partial charge in [0.15, 0.2) is 0 Å². The van der Waals surface area contributed by atoms with Crippen molar-refractivity contribution in [1.29, 1.82) is 0 Å². The molecule has 5 nitrogen and oxygen atoms in total. The molecule has 196 valence electrons. The van der Waals surface area contributed by atoms with Gasteiger partial charge in [0.05, 0.1) is 11.5 Å². The monoisotopic (exact) mass is 529 g/mol. The van der Waals surface area contributed by atoms with Gasteiger partial charge in [-0.25, -0.2) is 0 Å². The Morgan fingerprint density at radius 1 is 1.00 bits per heavy atom. The number of carbonyl (C=O) groups excluding carboxylic acids is 2. The largest absolute Gasteiger partial charge is 0.349 e. The summed E-state index contributed by atoms with van der Waals surface area (Å²) < 4.78 is 0. The van der Waals surface area contributed by atoms with Crippen molar-refractivity contribution >= 4 is 36.0 Å². The predicted octanol–water partition coefficient (Wildman–Crippen LogP) is 5.55. The highest BCUT2D eigenvalue weighted by Crippen LogP contribution is 2.42. The normalized spacial score (nSPS) is 18.3. The van der Waals surface area contributed by atoms with Gasteiger partial charge in [-0.3, -0.25) is 9.59 Å². The average Bonchev–Trinajstić information content (AvgIpc) is 3.18. The molecule has 0 radical (unpaired) electrons. The molecule has 0 aromatic heterocycles. The van der Waals surface area contributed by atoms with Crippen molar-refractivity contribution in [3.05, 3.63) is 65.7 Å². The molecule has 2 aromatic carbocycles. The van der Waals surface area contributed by atoms with Crippen molar-refractivity contribution in [2.75, 3.05) is 32.4 Å². The fourth-order valence-corrected chi connectivity index (χ4v) is 5.73. The SMILES string of the molecule is CSc1ccc(CN2CCC3(CCN(CC[C@H](NC(=O)C(C)C)c4ccccc4)CC3)C2=O)cc1.Cl. The van der Waals surface area contributed by atoms with E-state index in [1.807, 2.05) is 32.0 Å². The number of benzene rings is 2. The Hall–Kier alpha value is -2.02. The van der Waals surface area contributed by atoms with Crippen LogP contribution in [0.5, 0.6) is 0 Å². The minimum atomic E-state index is -0.180. The average molecular weight is 530 g/mol. The lowest BCUT2D eigenvalue weighted by Gasteiger charge is -2.38. The van der Waals surface area contributed by atoms with Crippen molar-refractivity contribution in [2.45, 2.75) is 57.0 Å². The van der Waals surface area contributed by atoms with Crippen LogP contribution in [0.4, 0.5) is 0 Å². The number of amides is 2. The van der Waals surface area contributed by atoms with Gasteiger partial charge in [-0.2, -0.15) is 0 Å². The fraction of sp³-hybridized carbons (Fsp3) is 0.517. The Bertz CT molecular complexity index is 991. The molecule has 1 N–H and O–H groups in total. The molecular weight excluding hydrogens is 490 g/mol. The van der Waals surface area contributed by atoms with Crippen molar-refractivity contribution in [3.8, 4) is 0 Å². The summed E-state index contributed by atoms with van der Waals surface area (Å²) in [5.74, 6) is 0.407. The van der Waals surface area contributed by atoms with Crippen LogP contribution >= 0.6 is 24.2 Å². The van der Waals surface area contributed by atoms with Gasteiger partial charge in [-0.1, -0.05) is 56.3 Å². The van der Waals surface area contributed by atoms with Crippen LogP contribution in [0.2, 0.25) is 0 Å². The van der Waals surface area contributed by atoms with E-state index in [1.165, 1.54) is 10.5 Å². The van der Waals surface area contributed by atoms with Crippen molar-refractivity contribution in [1.82, 2.24) is 15.1 Å². The van der Waals surface area contributed by atoms with Crippen LogP contribution in [0.3, 0.4) is 0 Å². The Morgan fingerprint density at radius 2 is 1.64 bits per heavy atom. The smallest absolute Gasteiger partial charge is 0.229 e. The molecule has 2 heterocycles. The second kappa shape index (κ2) is 13.0. The molecule has 0 saturated carbocycles. The third-order valence-electron chi connectivity index (χ3n) is 7.72. The maximum atomic E-state index is 13.4. The van der Waals surface area contributed by atoms with E-state index in [2.05, 4.69) is 57.8 Å². The summed E-state index contributed by atoms with van der Waals surface area (Å²) in [7, 11) is 0. The summed E-state index contributed by atoms with van der Waals surface area (Å²) in [6, 6.07) is 18.9. The molecule has 2 saturated heterocycles. The second-order valence-electron chi connectivity index (χ2n) is 10.4. The minimum absolute atomic E-state index is 0. The molecule has 0 unspecified atom stereocenters. The quantitative estimate of drug-likeness (QED) is 0.433. The van der Waals surface area contributed by atoms with E-state index in [4.69, 9.17) is 0 Å². The lowest BCUT2D eigenvalue weighted by atomic mass is 9.77. The molecule has 36 heavy (non-hydrogen) atoms. The molecule has 4 rings (SSSR count). The van der Waals surface area contributed by atoms with Gasteiger partial charge in [0.2, 0.25) is 11.8 Å². The number of thioether (sulfide) groups is 1. The van der Waals surface area contributed by atoms with Crippen LogP contribution in [-0.2, 0) is 16.1 Å². The number of carbonyl (C=O) groups is 2. The molecule has 2 aromatic rings. The van der Waals surface area contributed by atoms with Crippen LogP contribution in [0, 0.1) is 11.3 Å². The molecule has 2 aliphatic rings. The zero-order valence-electron chi connectivity index (χ0n) is 21.7. The van der Waals surface area contributed by atoms with Gasteiger partial charge in [0.25, 0.3) is 0 Å². The van der Waals surface area contributed by atoms with Crippen LogP contribution in [0.25, 0.3) is 0 Å². The van der Waals surface area contributed by atoms with Gasteiger partial charge < -0.3 is 15.1 Å². The third-order valence-corrected chi connectivity index (χ3v) is 8.47. The first-order valence-electron chi connectivity index (χ1n) is 12.9. The molecule has 2 aliphatic heterocycles. The number of rotatable bonds is 9. The Labute approximate surface area is 226 Å². The summed E-state index contributed by atoms with van der Waals surface area (Å²) in [5, 5.41) is 3.24. The number of hydrogen-bond donors (Lipinski definition) is 1. The summed E-state index contributed by atoms with van der Waals surface area (Å²) in [4.78, 5) is 31.6. The van der Waals surface area contributed by atoms with E-state index < -0.39 is 0 Å². The highest BCUT2D eigenvalue weighted by molar-refractivity contribution is 7.98. The van der Waals surface area contributed by atoms with Crippen molar-refractivity contribution in [3.63, 3.8) is 0 Å². The molecule has 1 spiro atoms. The van der Waals surface area contributed by atoms with E-state index in [9.17, 15) is 9.59 Å². The van der Waals surface area contributed by atoms with Crippen LogP contribution in [0.15, 0.2) is 59.5 Å². The van der Waals surface area contributed by atoms with Crippen LogP contribution < -0.4 is 5.32 Å². The fourth-order valence-electron chi connectivity index (χ4n) is 5.32. The zero-order valence-corrected chi connectivity index (χ0v) is 23.4. The van der Waals surface area contributed by atoms with E-state index in [0.717, 1.165) is 57.4 Å². The molecule has 2 fully saturated rings. The lowest BCUT2D eigenvalue weighted by Crippen LogP contribution is -2.45. The zero-order chi connectivity index (χ0) is 24.8. The van der Waals surface area contributed by atoms with Gasteiger partial charge in [0, 0.05) is 30.4 Å². The Balaban J connectivity index is 0.00000361. The first-order valence-corrected chi connectivity index (χ1v) is 14.1. The molecule has 2 amide bonds. The molecule has 0 aliphatic carbocycles. The van der Waals surface area contributed by atoms with Crippen molar-refractivity contribution in [2.24, 2.45) is 11.3 Å². The first kappa shape index (κ1) is 28.5. The third kappa shape index (κ3) is 6.84. The molecule has 1 atom stereocenters. The molecular formula is C29H40ClN3O2S. The highest BCUT2D eigenvalue weighted by Gasteiger charge is 2.47. The van der Waals surface area contributed by atoms with Gasteiger partial charge in [-0.15, -0.1) is 24.2 Å². The molecule has 0 bridgehead atoms. The number of hydrogen-bond acceptors (Lipinski definition) is 4. The first-order chi connectivity index (χ1) is 16.9. The number of piperidine rings is 1. The Kier molecular flexibility index (Phi) is 10.3. The lowest BCUT2D eigenvalue weighted by molar-refractivity contribution is -0.139. The summed E-state index contributed by atoms with van der Waals surface area (Å²) in [6.45, 7) is 8.26. The summed E-state index contributed by atoms with van der Waals surface area (Å²) >= 11 is 1.74. The summed E-state index contributed by atoms with van der Waals surface area (Å²) in [5.41, 5.74) is 2.18. The van der Waals surface area contributed by atoms with Crippen LogP contribution in [0.1, 0.15) is 56.7 Å². The molecule has 7 heteroatoms. The van der Waals surface area contributed by atoms with E-state index >= 15 is 0 Å². The topological polar surface area (TPSA) is 52.6 Å².